The summed E-state index contributed by atoms with van der Waals surface area (Å²) in [5.74, 6) is 0.282. The molecule has 0 bridgehead atoms. The smallest absolute Gasteiger partial charge is 0.117 e. The van der Waals surface area contributed by atoms with Crippen LogP contribution in [0.5, 0.6) is 5.75 Å². The van der Waals surface area contributed by atoms with E-state index in [0.29, 0.717) is 0 Å². The Morgan fingerprint density at radius 3 is 2.75 bits per heavy atom. The zero-order valence-electron chi connectivity index (χ0n) is 8.77. The van der Waals surface area contributed by atoms with Crippen LogP contribution in [0, 0.1) is 0 Å². The van der Waals surface area contributed by atoms with Gasteiger partial charge in [-0.3, -0.25) is 0 Å². The van der Waals surface area contributed by atoms with Crippen LogP contribution in [0.3, 0.4) is 0 Å². The zero-order chi connectivity index (χ0) is 11.5. The van der Waals surface area contributed by atoms with Gasteiger partial charge in [-0.15, -0.1) is 11.3 Å². The first-order valence-electron chi connectivity index (χ1n) is 4.96. The number of nitrogens with one attached hydrogen (secondary N) is 1. The lowest BCUT2D eigenvalue weighted by Gasteiger charge is -2.13. The summed E-state index contributed by atoms with van der Waals surface area (Å²) >= 11 is 5.16. The van der Waals surface area contributed by atoms with Crippen LogP contribution in [-0.4, -0.2) is 5.11 Å². The lowest BCUT2D eigenvalue weighted by Crippen LogP contribution is -2.04. The average molecular weight is 298 g/mol. The first kappa shape index (κ1) is 11.5. The molecule has 0 fully saturated rings. The summed E-state index contributed by atoms with van der Waals surface area (Å²) in [5.41, 5.74) is 0.928. The van der Waals surface area contributed by atoms with E-state index in [1.807, 2.05) is 18.2 Å². The maximum atomic E-state index is 9.36. The highest BCUT2D eigenvalue weighted by atomic mass is 79.9. The molecule has 2 aromatic rings. The van der Waals surface area contributed by atoms with E-state index in [1.54, 1.807) is 23.5 Å². The highest BCUT2D eigenvalue weighted by Crippen LogP contribution is 2.29. The van der Waals surface area contributed by atoms with E-state index in [4.69, 9.17) is 0 Å². The molecule has 1 heterocycles. The van der Waals surface area contributed by atoms with Crippen LogP contribution in [0.15, 0.2) is 40.2 Å². The van der Waals surface area contributed by atoms with Crippen molar-refractivity contribution in [1.29, 1.82) is 0 Å². The molecule has 0 saturated carbocycles. The van der Waals surface area contributed by atoms with E-state index >= 15 is 0 Å². The Labute approximate surface area is 107 Å². The van der Waals surface area contributed by atoms with Gasteiger partial charge in [0.05, 0.1) is 9.83 Å². The second kappa shape index (κ2) is 4.89. The molecule has 1 unspecified atom stereocenters. The first-order valence-corrected chi connectivity index (χ1v) is 6.57. The minimum absolute atomic E-state index is 0.234. The molecule has 0 saturated heterocycles. The van der Waals surface area contributed by atoms with E-state index in [2.05, 4.69) is 34.2 Å². The molecule has 16 heavy (non-hydrogen) atoms. The molecule has 1 aromatic heterocycles. The molecule has 2 N–H and O–H groups in total. The second-order valence-corrected chi connectivity index (χ2v) is 6.05. The highest BCUT2D eigenvalue weighted by molar-refractivity contribution is 9.11. The molecule has 0 aliphatic heterocycles. The van der Waals surface area contributed by atoms with Gasteiger partial charge in [0.2, 0.25) is 0 Å². The maximum Gasteiger partial charge on any atom is 0.117 e. The molecule has 0 radical (unpaired) electrons. The standard InChI is InChI=1S/C12H12BrNOS/c1-8(11-5-6-12(13)16-11)14-9-3-2-4-10(15)7-9/h2-8,14-15H,1H3. The van der Waals surface area contributed by atoms with E-state index in [-0.39, 0.29) is 11.8 Å². The summed E-state index contributed by atoms with van der Waals surface area (Å²) in [6, 6.07) is 11.5. The number of hydrogen-bond acceptors (Lipinski definition) is 3. The van der Waals surface area contributed by atoms with Gasteiger partial charge in [0.25, 0.3) is 0 Å². The van der Waals surface area contributed by atoms with Crippen LogP contribution < -0.4 is 5.32 Å². The van der Waals surface area contributed by atoms with Crippen LogP contribution in [0.1, 0.15) is 17.8 Å². The van der Waals surface area contributed by atoms with Gasteiger partial charge in [-0.1, -0.05) is 6.07 Å². The van der Waals surface area contributed by atoms with E-state index in [9.17, 15) is 5.11 Å². The molecule has 0 aliphatic rings. The van der Waals surface area contributed by atoms with Gasteiger partial charge in [-0.2, -0.15) is 0 Å². The van der Waals surface area contributed by atoms with Gasteiger partial charge >= 0.3 is 0 Å². The summed E-state index contributed by atoms with van der Waals surface area (Å²) in [6.07, 6.45) is 0. The van der Waals surface area contributed by atoms with Crippen molar-refractivity contribution in [2.75, 3.05) is 5.32 Å². The summed E-state index contributed by atoms with van der Waals surface area (Å²) in [4.78, 5) is 1.26. The lowest BCUT2D eigenvalue weighted by atomic mass is 10.2. The third-order valence-electron chi connectivity index (χ3n) is 2.25. The SMILES string of the molecule is CC(Nc1cccc(O)c1)c1ccc(Br)s1. The number of benzene rings is 1. The third kappa shape index (κ3) is 2.77. The number of rotatable bonds is 3. The average Bonchev–Trinajstić information content (AvgIpc) is 2.65. The Kier molecular flexibility index (Phi) is 3.51. The van der Waals surface area contributed by atoms with Gasteiger partial charge in [-0.05, 0) is 47.1 Å². The van der Waals surface area contributed by atoms with Crippen molar-refractivity contribution >= 4 is 33.0 Å². The van der Waals surface area contributed by atoms with Gasteiger partial charge < -0.3 is 10.4 Å². The predicted molar refractivity (Wildman–Crippen MR) is 72.2 cm³/mol. The second-order valence-electron chi connectivity index (χ2n) is 3.56. The molecule has 2 rings (SSSR count). The topological polar surface area (TPSA) is 32.3 Å². The van der Waals surface area contributed by atoms with E-state index in [0.717, 1.165) is 9.47 Å². The molecule has 1 atom stereocenters. The van der Waals surface area contributed by atoms with Crippen molar-refractivity contribution in [2.45, 2.75) is 13.0 Å². The predicted octanol–water partition coefficient (Wildman–Crippen LogP) is 4.39. The molecule has 4 heteroatoms. The molecule has 1 aromatic carbocycles. The molecule has 2 nitrogen and oxygen atoms in total. The third-order valence-corrected chi connectivity index (χ3v) is 4.06. The number of anilines is 1. The Morgan fingerprint density at radius 2 is 2.12 bits per heavy atom. The van der Waals surface area contributed by atoms with Gasteiger partial charge in [0, 0.05) is 16.6 Å². The Hall–Kier alpha value is -1.000. The monoisotopic (exact) mass is 297 g/mol. The minimum Gasteiger partial charge on any atom is -0.508 e. The Balaban J connectivity index is 2.10. The fraction of sp³-hybridized carbons (Fsp3) is 0.167. The van der Waals surface area contributed by atoms with Crippen molar-refractivity contribution in [3.63, 3.8) is 0 Å². The minimum atomic E-state index is 0.234. The van der Waals surface area contributed by atoms with Crippen molar-refractivity contribution in [1.82, 2.24) is 0 Å². The summed E-state index contributed by atoms with van der Waals surface area (Å²) in [6.45, 7) is 2.10. The van der Waals surface area contributed by atoms with Crippen LogP contribution in [0.25, 0.3) is 0 Å². The molecular weight excluding hydrogens is 286 g/mol. The largest absolute Gasteiger partial charge is 0.508 e. The lowest BCUT2D eigenvalue weighted by molar-refractivity contribution is 0.475. The van der Waals surface area contributed by atoms with Gasteiger partial charge in [0.1, 0.15) is 5.75 Å². The van der Waals surface area contributed by atoms with E-state index < -0.39 is 0 Å². The number of thiophene rings is 1. The van der Waals surface area contributed by atoms with Crippen molar-refractivity contribution < 1.29 is 5.11 Å². The van der Waals surface area contributed by atoms with Crippen molar-refractivity contribution in [3.05, 3.63) is 45.1 Å². The van der Waals surface area contributed by atoms with Crippen LogP contribution >= 0.6 is 27.3 Å². The van der Waals surface area contributed by atoms with Crippen LogP contribution in [0.2, 0.25) is 0 Å². The number of phenolic OH excluding ortho intramolecular Hbond substituents is 1. The molecular formula is C12H12BrNOS. The normalized spacial score (nSPS) is 12.4. The van der Waals surface area contributed by atoms with E-state index in [1.165, 1.54) is 4.88 Å². The summed E-state index contributed by atoms with van der Waals surface area (Å²) < 4.78 is 1.13. The Bertz CT molecular complexity index is 483. The fourth-order valence-electron chi connectivity index (χ4n) is 1.48. The number of aromatic hydroxyl groups is 1. The molecule has 0 aliphatic carbocycles. The number of halogens is 1. The summed E-state index contributed by atoms with van der Waals surface area (Å²) in [5, 5.41) is 12.7. The number of hydrogen-bond donors (Lipinski definition) is 2. The molecule has 0 amide bonds. The van der Waals surface area contributed by atoms with Crippen molar-refractivity contribution in [3.8, 4) is 5.75 Å². The molecule has 84 valence electrons. The van der Waals surface area contributed by atoms with Crippen molar-refractivity contribution in [2.24, 2.45) is 0 Å². The maximum absolute atomic E-state index is 9.36. The fourth-order valence-corrected chi connectivity index (χ4v) is 2.90. The first-order chi connectivity index (χ1) is 7.65. The summed E-state index contributed by atoms with van der Waals surface area (Å²) in [7, 11) is 0. The van der Waals surface area contributed by atoms with Crippen LogP contribution in [0.4, 0.5) is 5.69 Å². The van der Waals surface area contributed by atoms with Gasteiger partial charge in [-0.25, -0.2) is 0 Å². The highest BCUT2D eigenvalue weighted by Gasteiger charge is 2.07. The van der Waals surface area contributed by atoms with Gasteiger partial charge in [0.15, 0.2) is 0 Å². The molecule has 0 spiro atoms. The Morgan fingerprint density at radius 1 is 1.31 bits per heavy atom. The quantitative estimate of drug-likeness (QED) is 0.881. The van der Waals surface area contributed by atoms with Crippen LogP contribution in [-0.2, 0) is 0 Å². The number of phenols is 1. The zero-order valence-corrected chi connectivity index (χ0v) is 11.2.